The molecule has 3 aromatic rings. The Morgan fingerprint density at radius 3 is 2.74 bits per heavy atom. The van der Waals surface area contributed by atoms with Gasteiger partial charge in [-0.15, -0.1) is 0 Å². The average Bonchev–Trinajstić information content (AvgIpc) is 3.32. The van der Waals surface area contributed by atoms with E-state index in [0.29, 0.717) is 32.2 Å². The Kier molecular flexibility index (Phi) is 5.67. The number of hydrogen-bond donors (Lipinski definition) is 1. The molecule has 1 aliphatic heterocycles. The molecule has 0 bridgehead atoms. The van der Waals surface area contributed by atoms with Crippen LogP contribution in [-0.4, -0.2) is 16.0 Å². The molecule has 0 radical (unpaired) electrons. The molecule has 0 atom stereocenters. The van der Waals surface area contributed by atoms with Gasteiger partial charge in [0.15, 0.2) is 5.17 Å². The molecule has 0 unspecified atom stereocenters. The van der Waals surface area contributed by atoms with Crippen molar-refractivity contribution in [3.63, 3.8) is 0 Å². The van der Waals surface area contributed by atoms with Gasteiger partial charge < -0.3 is 9.73 Å². The number of amides is 1. The van der Waals surface area contributed by atoms with Crippen LogP contribution in [0.5, 0.6) is 0 Å². The topological polar surface area (TPSA) is 97.7 Å². The van der Waals surface area contributed by atoms with Crippen molar-refractivity contribution < 1.29 is 14.1 Å². The Bertz CT molecular complexity index is 1280. The van der Waals surface area contributed by atoms with E-state index >= 15 is 0 Å². The van der Waals surface area contributed by atoms with Gasteiger partial charge in [0.1, 0.15) is 11.5 Å². The van der Waals surface area contributed by atoms with Crippen LogP contribution in [0.4, 0.5) is 11.4 Å². The number of nitrogens with one attached hydrogen (secondary N) is 1. The molecule has 1 saturated heterocycles. The van der Waals surface area contributed by atoms with Crippen molar-refractivity contribution in [1.82, 2.24) is 5.32 Å². The maximum atomic E-state index is 12.4. The molecule has 1 aromatic heterocycles. The Hall–Kier alpha value is -3.36. The van der Waals surface area contributed by atoms with E-state index in [-0.39, 0.29) is 11.6 Å². The summed E-state index contributed by atoms with van der Waals surface area (Å²) in [5.41, 5.74) is 3.20. The minimum atomic E-state index is -0.498. The van der Waals surface area contributed by atoms with Crippen LogP contribution < -0.4 is 5.32 Å². The molecule has 1 N–H and O–H groups in total. The van der Waals surface area contributed by atoms with Gasteiger partial charge in [-0.3, -0.25) is 14.9 Å². The fraction of sp³-hybridized carbons (Fsp3) is 0.0909. The number of nitro groups is 1. The number of nitrogens with zero attached hydrogens (tertiary/aromatic N) is 2. The zero-order chi connectivity index (χ0) is 22.1. The van der Waals surface area contributed by atoms with Gasteiger partial charge in [0, 0.05) is 23.8 Å². The highest BCUT2D eigenvalue weighted by molar-refractivity contribution is 8.18. The fourth-order valence-electron chi connectivity index (χ4n) is 2.95. The zero-order valence-electron chi connectivity index (χ0n) is 16.5. The maximum absolute atomic E-state index is 12.4. The summed E-state index contributed by atoms with van der Waals surface area (Å²) in [5.74, 6) is 0.511. The van der Waals surface area contributed by atoms with Crippen molar-refractivity contribution in [2.45, 2.75) is 13.8 Å². The average molecular weight is 454 g/mol. The Morgan fingerprint density at radius 2 is 1.97 bits per heavy atom. The van der Waals surface area contributed by atoms with E-state index in [4.69, 9.17) is 16.0 Å². The molecule has 1 aliphatic rings. The minimum Gasteiger partial charge on any atom is -0.457 e. The van der Waals surface area contributed by atoms with Crippen LogP contribution >= 0.6 is 23.4 Å². The highest BCUT2D eigenvalue weighted by Crippen LogP contribution is 2.34. The van der Waals surface area contributed by atoms with Crippen LogP contribution in [0.15, 0.2) is 62.8 Å². The van der Waals surface area contributed by atoms with Crippen molar-refractivity contribution in [2.75, 3.05) is 0 Å². The van der Waals surface area contributed by atoms with Gasteiger partial charge in [0.2, 0.25) is 0 Å². The third-order valence-electron chi connectivity index (χ3n) is 4.56. The number of carbonyl (C=O) groups excluding carboxylic acids is 1. The van der Waals surface area contributed by atoms with E-state index in [1.54, 1.807) is 18.2 Å². The molecule has 7 nitrogen and oxygen atoms in total. The third-order valence-corrected chi connectivity index (χ3v) is 5.80. The number of carbonyl (C=O) groups is 1. The monoisotopic (exact) mass is 453 g/mol. The van der Waals surface area contributed by atoms with Gasteiger partial charge in [-0.1, -0.05) is 23.7 Å². The number of furan rings is 1. The van der Waals surface area contributed by atoms with Crippen LogP contribution in [-0.2, 0) is 4.79 Å². The quantitative estimate of drug-likeness (QED) is 0.296. The molecule has 2 heterocycles. The number of benzene rings is 2. The molecule has 4 rings (SSSR count). The van der Waals surface area contributed by atoms with Crippen molar-refractivity contribution in [1.29, 1.82) is 0 Å². The molecule has 0 aliphatic carbocycles. The number of amidine groups is 1. The van der Waals surface area contributed by atoms with Gasteiger partial charge in [0.05, 0.1) is 20.5 Å². The second-order valence-electron chi connectivity index (χ2n) is 6.89. The lowest BCUT2D eigenvalue weighted by atomic mass is 10.1. The summed E-state index contributed by atoms with van der Waals surface area (Å²) in [6, 6.07) is 13.4. The smallest absolute Gasteiger partial charge is 0.270 e. The normalized spacial score (nSPS) is 16.2. The van der Waals surface area contributed by atoms with E-state index in [1.807, 2.05) is 32.0 Å². The fourth-order valence-corrected chi connectivity index (χ4v) is 3.98. The molecule has 2 aromatic carbocycles. The van der Waals surface area contributed by atoms with Crippen molar-refractivity contribution in [3.05, 3.63) is 85.5 Å². The second-order valence-corrected chi connectivity index (χ2v) is 8.33. The molecular formula is C22H16ClN3O4S. The van der Waals surface area contributed by atoms with Crippen LogP contribution in [0.25, 0.3) is 17.4 Å². The Balaban J connectivity index is 1.59. The van der Waals surface area contributed by atoms with Gasteiger partial charge in [-0.25, -0.2) is 4.99 Å². The molecule has 156 valence electrons. The summed E-state index contributed by atoms with van der Waals surface area (Å²) in [7, 11) is 0. The Morgan fingerprint density at radius 1 is 1.16 bits per heavy atom. The highest BCUT2D eigenvalue weighted by atomic mass is 35.5. The van der Waals surface area contributed by atoms with E-state index in [1.165, 1.54) is 30.0 Å². The highest BCUT2D eigenvalue weighted by Gasteiger charge is 2.25. The largest absolute Gasteiger partial charge is 0.457 e. The molecule has 9 heteroatoms. The maximum Gasteiger partial charge on any atom is 0.270 e. The Labute approximate surface area is 187 Å². The molecule has 0 spiro atoms. The summed E-state index contributed by atoms with van der Waals surface area (Å²) < 4.78 is 5.77. The molecular weight excluding hydrogens is 438 g/mol. The first-order valence-corrected chi connectivity index (χ1v) is 10.4. The molecule has 0 saturated carbocycles. The van der Waals surface area contributed by atoms with E-state index in [0.717, 1.165) is 16.8 Å². The SMILES string of the molecule is Cc1ccc(C)c(N=C2NC(=O)/C(=C/c3ccc(-c4cc([N+](=O)[O-])ccc4Cl)o3)S2)c1. The zero-order valence-corrected chi connectivity index (χ0v) is 18.1. The number of non-ortho nitro benzene ring substituents is 1. The van der Waals surface area contributed by atoms with Gasteiger partial charge >= 0.3 is 0 Å². The predicted octanol–water partition coefficient (Wildman–Crippen LogP) is 6.02. The number of rotatable bonds is 4. The lowest BCUT2D eigenvalue weighted by Crippen LogP contribution is -2.19. The number of thioether (sulfide) groups is 1. The number of aliphatic imine (C=N–C) groups is 1. The molecule has 1 fully saturated rings. The van der Waals surface area contributed by atoms with Crippen LogP contribution in [0.1, 0.15) is 16.9 Å². The summed E-state index contributed by atoms with van der Waals surface area (Å²) >= 11 is 7.39. The summed E-state index contributed by atoms with van der Waals surface area (Å²) in [4.78, 5) is 27.9. The van der Waals surface area contributed by atoms with Gasteiger partial charge in [-0.05, 0) is 61.0 Å². The first-order valence-electron chi connectivity index (χ1n) is 9.21. The van der Waals surface area contributed by atoms with Crippen molar-refractivity contribution in [2.24, 2.45) is 4.99 Å². The number of hydrogen-bond acceptors (Lipinski definition) is 6. The first-order chi connectivity index (χ1) is 14.8. The number of nitro benzene ring substituents is 1. The van der Waals surface area contributed by atoms with Crippen LogP contribution in [0.2, 0.25) is 5.02 Å². The number of aryl methyl sites for hydroxylation is 2. The molecule has 1 amide bonds. The van der Waals surface area contributed by atoms with E-state index < -0.39 is 4.92 Å². The standard InChI is InChI=1S/C22H16ClN3O4S/c1-12-3-4-13(2)18(9-12)24-22-25-21(27)20(31-22)11-15-6-8-19(30-15)16-10-14(26(28)29)5-7-17(16)23/h3-11H,1-2H3,(H,24,25,27)/b20-11-. The number of halogens is 1. The van der Waals surface area contributed by atoms with Gasteiger partial charge in [-0.2, -0.15) is 0 Å². The van der Waals surface area contributed by atoms with Gasteiger partial charge in [0.25, 0.3) is 11.6 Å². The van der Waals surface area contributed by atoms with Crippen molar-refractivity contribution >= 4 is 51.9 Å². The summed E-state index contributed by atoms with van der Waals surface area (Å²) in [6.45, 7) is 3.94. The molecule has 31 heavy (non-hydrogen) atoms. The summed E-state index contributed by atoms with van der Waals surface area (Å²) in [5, 5.41) is 14.6. The lowest BCUT2D eigenvalue weighted by Gasteiger charge is -2.02. The predicted molar refractivity (Wildman–Crippen MR) is 123 cm³/mol. The van der Waals surface area contributed by atoms with Crippen LogP contribution in [0.3, 0.4) is 0 Å². The van der Waals surface area contributed by atoms with E-state index in [2.05, 4.69) is 10.3 Å². The first kappa shape index (κ1) is 20.9. The summed E-state index contributed by atoms with van der Waals surface area (Å²) in [6.07, 6.45) is 1.60. The lowest BCUT2D eigenvalue weighted by molar-refractivity contribution is -0.384. The third kappa shape index (κ3) is 4.55. The minimum absolute atomic E-state index is 0.0891. The van der Waals surface area contributed by atoms with Crippen molar-refractivity contribution in [3.8, 4) is 11.3 Å². The van der Waals surface area contributed by atoms with Crippen LogP contribution in [0, 0.1) is 24.0 Å². The van der Waals surface area contributed by atoms with E-state index in [9.17, 15) is 14.9 Å². The second kappa shape index (κ2) is 8.41.